The second-order valence-electron chi connectivity index (χ2n) is 4.52. The zero-order valence-electron chi connectivity index (χ0n) is 12.3. The van der Waals surface area contributed by atoms with E-state index in [4.69, 9.17) is 9.66 Å². The number of hydrogen-bond acceptors (Lipinski definition) is 5. The average molecular weight is 328 g/mol. The number of aromatic nitrogens is 2. The second-order valence-corrected chi connectivity index (χ2v) is 5.99. The summed E-state index contributed by atoms with van der Waals surface area (Å²) in [6.07, 6.45) is 2.06. The number of pyridine rings is 2. The SMILES string of the molecule is CCn1cc(C(=O)O)c(=O)c2ccc(C)nc21.CS(=O)(=O)O. The molecule has 8 nitrogen and oxygen atoms in total. The minimum atomic E-state index is -3.67. The van der Waals surface area contributed by atoms with Gasteiger partial charge in [0, 0.05) is 18.4 Å². The van der Waals surface area contributed by atoms with Crippen molar-refractivity contribution in [3.05, 3.63) is 39.8 Å². The molecule has 0 saturated carbocycles. The highest BCUT2D eigenvalue weighted by Crippen LogP contribution is 2.10. The standard InChI is InChI=1S/C12H12N2O3.CH4O3S/c1-3-14-6-9(12(16)17)10(15)8-5-4-7(2)13-11(8)14;1-5(2,3)4/h4-6H,3H2,1-2H3,(H,16,17);1H3,(H,2,3,4). The maximum absolute atomic E-state index is 11.9. The fraction of sp³-hybridized carbons (Fsp3) is 0.308. The van der Waals surface area contributed by atoms with Crippen LogP contribution in [0, 0.1) is 6.92 Å². The van der Waals surface area contributed by atoms with Gasteiger partial charge in [0.05, 0.1) is 11.6 Å². The quantitative estimate of drug-likeness (QED) is 0.785. The van der Waals surface area contributed by atoms with Gasteiger partial charge in [0.15, 0.2) is 0 Å². The fourth-order valence-corrected chi connectivity index (χ4v) is 1.75. The first-order valence-corrected chi connectivity index (χ1v) is 8.06. The Labute approximate surface area is 126 Å². The Morgan fingerprint density at radius 1 is 1.36 bits per heavy atom. The number of nitrogens with zero attached hydrogens (tertiary/aromatic N) is 2. The summed E-state index contributed by atoms with van der Waals surface area (Å²) in [4.78, 5) is 27.2. The molecule has 2 rings (SSSR count). The minimum Gasteiger partial charge on any atom is -0.477 e. The van der Waals surface area contributed by atoms with Crippen LogP contribution >= 0.6 is 0 Å². The summed E-state index contributed by atoms with van der Waals surface area (Å²) in [7, 11) is -3.67. The first-order valence-electron chi connectivity index (χ1n) is 6.21. The molecule has 2 aromatic rings. The van der Waals surface area contributed by atoms with E-state index in [-0.39, 0.29) is 5.56 Å². The van der Waals surface area contributed by atoms with E-state index in [0.717, 1.165) is 5.69 Å². The predicted octanol–water partition coefficient (Wildman–Crippen LogP) is 0.927. The molecule has 9 heteroatoms. The van der Waals surface area contributed by atoms with Crippen molar-refractivity contribution in [1.29, 1.82) is 0 Å². The maximum atomic E-state index is 11.9. The van der Waals surface area contributed by atoms with Crippen LogP contribution in [0.15, 0.2) is 23.1 Å². The van der Waals surface area contributed by atoms with Gasteiger partial charge in [0.2, 0.25) is 5.43 Å². The Bertz CT molecular complexity index is 862. The van der Waals surface area contributed by atoms with Gasteiger partial charge < -0.3 is 9.67 Å². The summed E-state index contributed by atoms with van der Waals surface area (Å²) < 4.78 is 27.5. The summed E-state index contributed by atoms with van der Waals surface area (Å²) in [6.45, 7) is 4.27. The molecule has 0 bridgehead atoms. The average Bonchev–Trinajstić information content (AvgIpc) is 2.36. The molecular formula is C13H16N2O6S. The van der Waals surface area contributed by atoms with Crippen molar-refractivity contribution in [3.8, 4) is 0 Å². The molecule has 120 valence electrons. The minimum absolute atomic E-state index is 0.218. The highest BCUT2D eigenvalue weighted by Gasteiger charge is 2.14. The number of carboxylic acid groups (broad SMARTS) is 1. The molecule has 0 fully saturated rings. The van der Waals surface area contributed by atoms with E-state index in [0.29, 0.717) is 23.8 Å². The van der Waals surface area contributed by atoms with Gasteiger partial charge in [-0.05, 0) is 26.0 Å². The number of carboxylic acids is 1. The number of aryl methyl sites for hydroxylation is 2. The number of rotatable bonds is 2. The summed E-state index contributed by atoms with van der Waals surface area (Å²) >= 11 is 0. The first-order chi connectivity index (χ1) is 10.0. The Morgan fingerprint density at radius 2 is 1.91 bits per heavy atom. The van der Waals surface area contributed by atoms with Gasteiger partial charge in [-0.1, -0.05) is 0 Å². The van der Waals surface area contributed by atoms with Crippen molar-refractivity contribution in [2.45, 2.75) is 20.4 Å². The highest BCUT2D eigenvalue weighted by atomic mass is 32.2. The first kappa shape index (κ1) is 17.8. The topological polar surface area (TPSA) is 127 Å². The Kier molecular flexibility index (Phi) is 5.39. The van der Waals surface area contributed by atoms with Crippen LogP contribution in [0.3, 0.4) is 0 Å². The number of aromatic carboxylic acids is 1. The fourth-order valence-electron chi connectivity index (χ4n) is 1.75. The van der Waals surface area contributed by atoms with E-state index in [2.05, 4.69) is 4.98 Å². The molecule has 0 atom stereocenters. The van der Waals surface area contributed by atoms with Gasteiger partial charge >= 0.3 is 5.97 Å². The zero-order chi connectivity index (χ0) is 17.1. The lowest BCUT2D eigenvalue weighted by Crippen LogP contribution is -2.19. The van der Waals surface area contributed by atoms with Crippen LogP contribution in [-0.4, -0.2) is 39.9 Å². The molecule has 0 unspecified atom stereocenters. The number of hydrogen-bond donors (Lipinski definition) is 2. The van der Waals surface area contributed by atoms with Crippen molar-refractivity contribution in [3.63, 3.8) is 0 Å². The van der Waals surface area contributed by atoms with Crippen LogP contribution < -0.4 is 5.43 Å². The molecule has 2 heterocycles. The molecule has 0 saturated heterocycles. The molecule has 2 N–H and O–H groups in total. The molecule has 22 heavy (non-hydrogen) atoms. The lowest BCUT2D eigenvalue weighted by atomic mass is 10.2. The number of fused-ring (bicyclic) bond motifs is 1. The largest absolute Gasteiger partial charge is 0.477 e. The van der Waals surface area contributed by atoms with Crippen LogP contribution in [-0.2, 0) is 16.7 Å². The molecule has 0 spiro atoms. The van der Waals surface area contributed by atoms with Gasteiger partial charge in [-0.3, -0.25) is 9.35 Å². The predicted molar refractivity (Wildman–Crippen MR) is 80.8 cm³/mol. The van der Waals surface area contributed by atoms with Crippen LogP contribution in [0.1, 0.15) is 23.0 Å². The lowest BCUT2D eigenvalue weighted by molar-refractivity contribution is 0.0695. The highest BCUT2D eigenvalue weighted by molar-refractivity contribution is 7.85. The monoisotopic (exact) mass is 328 g/mol. The van der Waals surface area contributed by atoms with Gasteiger partial charge in [-0.25, -0.2) is 9.78 Å². The summed E-state index contributed by atoms with van der Waals surface area (Å²) in [5.41, 5.74) is 0.624. The van der Waals surface area contributed by atoms with Crippen molar-refractivity contribution in [1.82, 2.24) is 9.55 Å². The smallest absolute Gasteiger partial charge is 0.341 e. The van der Waals surface area contributed by atoms with Crippen molar-refractivity contribution in [2.24, 2.45) is 0 Å². The number of carbonyl (C=O) groups is 1. The Morgan fingerprint density at radius 3 is 2.36 bits per heavy atom. The molecule has 0 aromatic carbocycles. The van der Waals surface area contributed by atoms with Gasteiger partial charge in [-0.15, -0.1) is 0 Å². The zero-order valence-corrected chi connectivity index (χ0v) is 13.1. The van der Waals surface area contributed by atoms with E-state index < -0.39 is 21.5 Å². The van der Waals surface area contributed by atoms with E-state index >= 15 is 0 Å². The summed E-state index contributed by atoms with van der Waals surface area (Å²) in [6, 6.07) is 3.33. The summed E-state index contributed by atoms with van der Waals surface area (Å²) in [5.74, 6) is -1.21. The third-order valence-corrected chi connectivity index (χ3v) is 2.63. The van der Waals surface area contributed by atoms with E-state index in [1.54, 1.807) is 16.7 Å². The van der Waals surface area contributed by atoms with Gasteiger partial charge in [-0.2, -0.15) is 8.42 Å². The van der Waals surface area contributed by atoms with E-state index in [1.807, 2.05) is 13.8 Å². The Hall–Kier alpha value is -2.26. The second kappa shape index (κ2) is 6.67. The normalized spacial score (nSPS) is 10.9. The lowest BCUT2D eigenvalue weighted by Gasteiger charge is -2.09. The van der Waals surface area contributed by atoms with Crippen LogP contribution in [0.5, 0.6) is 0 Å². The van der Waals surface area contributed by atoms with Crippen LogP contribution in [0.25, 0.3) is 11.0 Å². The van der Waals surface area contributed by atoms with E-state index in [1.165, 1.54) is 6.20 Å². The molecular weight excluding hydrogens is 312 g/mol. The maximum Gasteiger partial charge on any atom is 0.341 e. The van der Waals surface area contributed by atoms with Crippen LogP contribution in [0.4, 0.5) is 0 Å². The van der Waals surface area contributed by atoms with Gasteiger partial charge in [0.25, 0.3) is 10.1 Å². The third kappa shape index (κ3) is 4.64. The van der Waals surface area contributed by atoms with Crippen molar-refractivity contribution >= 4 is 27.1 Å². The van der Waals surface area contributed by atoms with E-state index in [9.17, 15) is 18.0 Å². The van der Waals surface area contributed by atoms with Crippen molar-refractivity contribution in [2.75, 3.05) is 6.26 Å². The molecule has 0 aliphatic carbocycles. The molecule has 0 aliphatic heterocycles. The summed E-state index contributed by atoms with van der Waals surface area (Å²) in [5, 5.41) is 9.31. The van der Waals surface area contributed by atoms with Gasteiger partial charge in [0.1, 0.15) is 11.2 Å². The van der Waals surface area contributed by atoms with Crippen molar-refractivity contribution < 1.29 is 22.9 Å². The molecule has 0 amide bonds. The Balaban J connectivity index is 0.000000422. The molecule has 2 aromatic heterocycles. The molecule has 0 aliphatic rings. The van der Waals surface area contributed by atoms with Crippen LogP contribution in [0.2, 0.25) is 0 Å². The molecule has 0 radical (unpaired) electrons. The third-order valence-electron chi connectivity index (χ3n) is 2.63.